The van der Waals surface area contributed by atoms with Crippen molar-refractivity contribution in [2.45, 2.75) is 13.3 Å². The van der Waals surface area contributed by atoms with E-state index in [4.69, 9.17) is 5.73 Å². The number of hydrogen-bond acceptors (Lipinski definition) is 2. The molecule has 1 heterocycles. The molecule has 0 aliphatic rings. The summed E-state index contributed by atoms with van der Waals surface area (Å²) in [5.41, 5.74) is 6.00. The van der Waals surface area contributed by atoms with E-state index in [0.29, 0.717) is 12.0 Å². The molecule has 1 aromatic carbocycles. The normalized spacial score (nSPS) is 11.0. The van der Waals surface area contributed by atoms with Gasteiger partial charge in [0.15, 0.2) is 17.5 Å². The third-order valence-electron chi connectivity index (χ3n) is 2.44. The third kappa shape index (κ3) is 1.48. The molecule has 0 aliphatic carbocycles. The highest BCUT2D eigenvalue weighted by molar-refractivity contribution is 5.82. The lowest BCUT2D eigenvalue weighted by Crippen LogP contribution is -2.01. The van der Waals surface area contributed by atoms with E-state index in [1.807, 2.05) is 6.92 Å². The van der Waals surface area contributed by atoms with Gasteiger partial charge in [-0.3, -0.25) is 0 Å². The van der Waals surface area contributed by atoms with Crippen LogP contribution in [0.15, 0.2) is 12.1 Å². The van der Waals surface area contributed by atoms with Crippen molar-refractivity contribution in [3.05, 3.63) is 35.1 Å². The predicted molar refractivity (Wildman–Crippen MR) is 55.4 cm³/mol. The summed E-state index contributed by atoms with van der Waals surface area (Å²) in [5, 5.41) is 0.211. The molecule has 5 heteroatoms. The Hall–Kier alpha value is -1.78. The summed E-state index contributed by atoms with van der Waals surface area (Å²) in [6.07, 6.45) is 0.593. The van der Waals surface area contributed by atoms with Crippen molar-refractivity contribution in [3.63, 3.8) is 0 Å². The molecule has 16 heavy (non-hydrogen) atoms. The molecule has 0 saturated heterocycles. The summed E-state index contributed by atoms with van der Waals surface area (Å²) in [4.78, 5) is 3.74. The number of halogens is 3. The summed E-state index contributed by atoms with van der Waals surface area (Å²) in [5.74, 6) is -3.91. The second kappa shape index (κ2) is 3.66. The van der Waals surface area contributed by atoms with E-state index in [2.05, 4.69) is 4.98 Å². The summed E-state index contributed by atoms with van der Waals surface area (Å²) < 4.78 is 39.3. The Morgan fingerprint density at radius 1 is 1.19 bits per heavy atom. The average molecular weight is 226 g/mol. The quantitative estimate of drug-likeness (QED) is 0.759. The molecule has 0 radical (unpaired) electrons. The van der Waals surface area contributed by atoms with Crippen LogP contribution in [0.5, 0.6) is 0 Å². The number of benzene rings is 1. The Labute approximate surface area is 89.9 Å². The first kappa shape index (κ1) is 10.7. The molecule has 0 unspecified atom stereocenters. The number of nitrogens with zero attached hydrogens (tertiary/aromatic N) is 1. The van der Waals surface area contributed by atoms with E-state index >= 15 is 0 Å². The van der Waals surface area contributed by atoms with Gasteiger partial charge in [0.2, 0.25) is 0 Å². The standard InChI is InChI=1S/C11H9F3N2/c1-2-5-3-6-4-7(12)8(13)9(14)10(6)16-11(5)15/h3-4H,2H2,1H3,(H2,15,16). The van der Waals surface area contributed by atoms with Crippen LogP contribution in [-0.2, 0) is 6.42 Å². The first-order chi connectivity index (χ1) is 7.54. The van der Waals surface area contributed by atoms with Gasteiger partial charge in [-0.1, -0.05) is 6.92 Å². The van der Waals surface area contributed by atoms with E-state index in [9.17, 15) is 13.2 Å². The molecule has 0 fully saturated rings. The molecule has 0 aliphatic heterocycles. The highest BCUT2D eigenvalue weighted by Crippen LogP contribution is 2.24. The van der Waals surface area contributed by atoms with Gasteiger partial charge in [0.1, 0.15) is 11.3 Å². The number of pyridine rings is 1. The maximum Gasteiger partial charge on any atom is 0.196 e. The Morgan fingerprint density at radius 3 is 2.50 bits per heavy atom. The van der Waals surface area contributed by atoms with Gasteiger partial charge in [0.25, 0.3) is 0 Å². The van der Waals surface area contributed by atoms with Gasteiger partial charge in [-0.25, -0.2) is 18.2 Å². The minimum Gasteiger partial charge on any atom is -0.383 e. The van der Waals surface area contributed by atoms with E-state index < -0.39 is 17.5 Å². The number of nitrogens with two attached hydrogens (primary N) is 1. The molecule has 2 aromatic rings. The van der Waals surface area contributed by atoms with Gasteiger partial charge >= 0.3 is 0 Å². The number of fused-ring (bicyclic) bond motifs is 1. The van der Waals surface area contributed by atoms with Crippen LogP contribution in [0.4, 0.5) is 19.0 Å². The average Bonchev–Trinajstić information content (AvgIpc) is 2.27. The maximum absolute atomic E-state index is 13.3. The minimum absolute atomic E-state index is 0.139. The van der Waals surface area contributed by atoms with Crippen LogP contribution >= 0.6 is 0 Å². The first-order valence-electron chi connectivity index (χ1n) is 4.77. The smallest absolute Gasteiger partial charge is 0.196 e. The van der Waals surface area contributed by atoms with Crippen molar-refractivity contribution in [1.29, 1.82) is 0 Å². The van der Waals surface area contributed by atoms with Gasteiger partial charge < -0.3 is 5.73 Å². The van der Waals surface area contributed by atoms with E-state index in [1.54, 1.807) is 0 Å². The van der Waals surface area contributed by atoms with Crippen LogP contribution in [-0.4, -0.2) is 4.98 Å². The lowest BCUT2D eigenvalue weighted by Gasteiger charge is -2.06. The van der Waals surface area contributed by atoms with Crippen LogP contribution in [0, 0.1) is 17.5 Å². The molecule has 2 rings (SSSR count). The Balaban J connectivity index is 2.86. The van der Waals surface area contributed by atoms with E-state index in [0.717, 1.165) is 6.07 Å². The fourth-order valence-corrected chi connectivity index (χ4v) is 1.56. The monoisotopic (exact) mass is 226 g/mol. The van der Waals surface area contributed by atoms with Crippen molar-refractivity contribution in [2.75, 3.05) is 5.73 Å². The van der Waals surface area contributed by atoms with Crippen molar-refractivity contribution in [3.8, 4) is 0 Å². The van der Waals surface area contributed by atoms with Crippen molar-refractivity contribution in [2.24, 2.45) is 0 Å². The molecular weight excluding hydrogens is 217 g/mol. The Kier molecular flexibility index (Phi) is 2.46. The number of rotatable bonds is 1. The highest BCUT2D eigenvalue weighted by Gasteiger charge is 2.15. The van der Waals surface area contributed by atoms with Crippen molar-refractivity contribution >= 4 is 16.7 Å². The molecule has 0 bridgehead atoms. The lowest BCUT2D eigenvalue weighted by molar-refractivity contribution is 0.452. The lowest BCUT2D eigenvalue weighted by atomic mass is 10.1. The summed E-state index contributed by atoms with van der Waals surface area (Å²) in [7, 11) is 0. The minimum atomic E-state index is -1.52. The molecule has 2 nitrogen and oxygen atoms in total. The largest absolute Gasteiger partial charge is 0.383 e. The van der Waals surface area contributed by atoms with Crippen LogP contribution in [0.1, 0.15) is 12.5 Å². The van der Waals surface area contributed by atoms with Crippen LogP contribution in [0.2, 0.25) is 0 Å². The number of aryl methyl sites for hydroxylation is 1. The van der Waals surface area contributed by atoms with Crippen LogP contribution in [0.25, 0.3) is 10.9 Å². The van der Waals surface area contributed by atoms with Gasteiger partial charge in [-0.15, -0.1) is 0 Å². The molecule has 0 amide bonds. The fraction of sp³-hybridized carbons (Fsp3) is 0.182. The van der Waals surface area contributed by atoms with Gasteiger partial charge in [0.05, 0.1) is 0 Å². The Morgan fingerprint density at radius 2 is 1.88 bits per heavy atom. The maximum atomic E-state index is 13.3. The second-order valence-electron chi connectivity index (χ2n) is 3.44. The zero-order chi connectivity index (χ0) is 11.9. The topological polar surface area (TPSA) is 38.9 Å². The summed E-state index contributed by atoms with van der Waals surface area (Å²) in [6.45, 7) is 1.84. The summed E-state index contributed by atoms with van der Waals surface area (Å²) >= 11 is 0. The molecule has 0 atom stereocenters. The first-order valence-corrected chi connectivity index (χ1v) is 4.77. The third-order valence-corrected chi connectivity index (χ3v) is 2.44. The van der Waals surface area contributed by atoms with Gasteiger partial charge in [-0.05, 0) is 24.1 Å². The molecule has 2 N–H and O–H groups in total. The zero-order valence-corrected chi connectivity index (χ0v) is 8.52. The molecule has 0 saturated carbocycles. The zero-order valence-electron chi connectivity index (χ0n) is 8.52. The molecule has 84 valence electrons. The van der Waals surface area contributed by atoms with Crippen molar-refractivity contribution in [1.82, 2.24) is 4.98 Å². The molecule has 1 aromatic heterocycles. The second-order valence-corrected chi connectivity index (χ2v) is 3.44. The summed E-state index contributed by atoms with van der Waals surface area (Å²) in [6, 6.07) is 2.43. The van der Waals surface area contributed by atoms with Crippen LogP contribution < -0.4 is 5.73 Å². The number of nitrogen functional groups attached to an aromatic ring is 1. The van der Waals surface area contributed by atoms with Gasteiger partial charge in [-0.2, -0.15) is 0 Å². The van der Waals surface area contributed by atoms with Crippen LogP contribution in [0.3, 0.4) is 0 Å². The SMILES string of the molecule is CCc1cc2cc(F)c(F)c(F)c2nc1N. The number of hydrogen-bond donors (Lipinski definition) is 1. The van der Waals surface area contributed by atoms with Gasteiger partial charge in [0, 0.05) is 5.39 Å². The molecule has 0 spiro atoms. The fourth-order valence-electron chi connectivity index (χ4n) is 1.56. The Bertz CT molecular complexity index is 567. The highest BCUT2D eigenvalue weighted by atomic mass is 19.2. The number of anilines is 1. The van der Waals surface area contributed by atoms with E-state index in [-0.39, 0.29) is 16.7 Å². The van der Waals surface area contributed by atoms with Crippen molar-refractivity contribution < 1.29 is 13.2 Å². The van der Waals surface area contributed by atoms with E-state index in [1.165, 1.54) is 6.07 Å². The molecular formula is C11H9F3N2. The predicted octanol–water partition coefficient (Wildman–Crippen LogP) is 2.80. The number of aromatic nitrogens is 1.